The number of aromatic nitrogens is 3. The Balaban J connectivity index is 2.17. The van der Waals surface area contributed by atoms with Crippen LogP contribution in [0.5, 0.6) is 6.01 Å². The highest BCUT2D eigenvalue weighted by Crippen LogP contribution is 2.22. The smallest absolute Gasteiger partial charge is 0.322 e. The fourth-order valence-electron chi connectivity index (χ4n) is 1.71. The molecule has 0 fully saturated rings. The lowest BCUT2D eigenvalue weighted by molar-refractivity contribution is 0.222. The number of hydrogen-bond acceptors (Lipinski definition) is 5. The summed E-state index contributed by atoms with van der Waals surface area (Å²) in [5.41, 5.74) is 1.10. The summed E-state index contributed by atoms with van der Waals surface area (Å²) in [4.78, 5) is 12.2. The normalized spacial score (nSPS) is 12.3. The van der Waals surface area contributed by atoms with Crippen LogP contribution in [0, 0.1) is 0 Å². The first-order valence-electron chi connectivity index (χ1n) is 6.54. The van der Waals surface area contributed by atoms with Gasteiger partial charge in [0, 0.05) is 4.47 Å². The largest absolute Gasteiger partial charge is 0.461 e. The predicted octanol–water partition coefficient (Wildman–Crippen LogP) is 4.25. The van der Waals surface area contributed by atoms with E-state index in [1.165, 1.54) is 0 Å². The van der Waals surface area contributed by atoms with E-state index in [1.807, 2.05) is 45.0 Å². The first kappa shape index (κ1) is 16.0. The summed E-state index contributed by atoms with van der Waals surface area (Å²) >= 11 is 9.35. The van der Waals surface area contributed by atoms with E-state index in [0.717, 1.165) is 10.0 Å². The van der Waals surface area contributed by atoms with Gasteiger partial charge in [0.15, 0.2) is 0 Å². The van der Waals surface area contributed by atoms with E-state index in [1.54, 1.807) is 0 Å². The molecule has 5 nitrogen and oxygen atoms in total. The summed E-state index contributed by atoms with van der Waals surface area (Å²) in [5.74, 6) is 0.387. The summed E-state index contributed by atoms with van der Waals surface area (Å²) in [5, 5.41) is 3.29. The van der Waals surface area contributed by atoms with Gasteiger partial charge >= 0.3 is 6.01 Å². The molecule has 1 aromatic carbocycles. The predicted molar refractivity (Wildman–Crippen MR) is 86.8 cm³/mol. The van der Waals surface area contributed by atoms with Gasteiger partial charge in [-0.2, -0.15) is 15.0 Å². The Kier molecular flexibility index (Phi) is 5.36. The van der Waals surface area contributed by atoms with Crippen LogP contribution in [0.25, 0.3) is 0 Å². The van der Waals surface area contributed by atoms with E-state index in [2.05, 4.69) is 36.2 Å². The van der Waals surface area contributed by atoms with Crippen LogP contribution in [0.4, 0.5) is 5.95 Å². The van der Waals surface area contributed by atoms with Crippen LogP contribution in [-0.4, -0.2) is 21.1 Å². The topological polar surface area (TPSA) is 59.9 Å². The second-order valence-corrected chi connectivity index (χ2v) is 6.05. The van der Waals surface area contributed by atoms with Gasteiger partial charge in [0.05, 0.1) is 12.1 Å². The third kappa shape index (κ3) is 4.82. The number of hydrogen-bond donors (Lipinski definition) is 1. The number of nitrogens with zero attached hydrogens (tertiary/aromatic N) is 3. The summed E-state index contributed by atoms with van der Waals surface area (Å²) in [6.07, 6.45) is -0.0289. The number of nitrogens with one attached hydrogen (secondary N) is 1. The van der Waals surface area contributed by atoms with Gasteiger partial charge in [-0.05, 0) is 50.1 Å². The van der Waals surface area contributed by atoms with Crippen LogP contribution < -0.4 is 10.1 Å². The molecule has 1 heterocycles. The quantitative estimate of drug-likeness (QED) is 0.851. The van der Waals surface area contributed by atoms with E-state index in [4.69, 9.17) is 16.3 Å². The van der Waals surface area contributed by atoms with Crippen LogP contribution in [0.15, 0.2) is 28.7 Å². The van der Waals surface area contributed by atoms with Crippen molar-refractivity contribution >= 4 is 33.5 Å². The number of ether oxygens (including phenoxy) is 1. The Bertz CT molecular complexity index is 624. The molecule has 1 aromatic heterocycles. The second kappa shape index (κ2) is 7.04. The molecule has 21 heavy (non-hydrogen) atoms. The molecular formula is C14H16BrClN4O. The van der Waals surface area contributed by atoms with Crippen molar-refractivity contribution in [1.29, 1.82) is 0 Å². The van der Waals surface area contributed by atoms with Crippen molar-refractivity contribution in [2.24, 2.45) is 0 Å². The van der Waals surface area contributed by atoms with Gasteiger partial charge < -0.3 is 10.1 Å². The van der Waals surface area contributed by atoms with E-state index in [0.29, 0.717) is 5.95 Å². The van der Waals surface area contributed by atoms with Crippen molar-refractivity contribution < 1.29 is 4.74 Å². The SMILES string of the molecule is CC(C)Oc1nc(Cl)nc(NC(C)c2cccc(Br)c2)n1. The fraction of sp³-hybridized carbons (Fsp3) is 0.357. The summed E-state index contributed by atoms with van der Waals surface area (Å²) in [7, 11) is 0. The monoisotopic (exact) mass is 370 g/mol. The van der Waals surface area contributed by atoms with Gasteiger partial charge in [-0.3, -0.25) is 0 Å². The van der Waals surface area contributed by atoms with Crippen LogP contribution >= 0.6 is 27.5 Å². The Morgan fingerprint density at radius 2 is 1.95 bits per heavy atom. The first-order valence-corrected chi connectivity index (χ1v) is 7.71. The molecule has 0 amide bonds. The standard InChI is InChI=1S/C14H16BrClN4O/c1-8(2)21-14-19-12(16)18-13(20-14)17-9(3)10-5-4-6-11(15)7-10/h4-9H,1-3H3,(H,17,18,19,20). The maximum absolute atomic E-state index is 5.90. The Labute approximate surface area is 137 Å². The molecule has 0 saturated carbocycles. The van der Waals surface area contributed by atoms with Crippen molar-refractivity contribution in [1.82, 2.24) is 15.0 Å². The minimum atomic E-state index is -0.0289. The van der Waals surface area contributed by atoms with Crippen LogP contribution in [0.2, 0.25) is 5.28 Å². The molecular weight excluding hydrogens is 356 g/mol. The number of rotatable bonds is 5. The zero-order valence-electron chi connectivity index (χ0n) is 12.0. The molecule has 1 atom stereocenters. The summed E-state index contributed by atoms with van der Waals surface area (Å²) < 4.78 is 6.47. The summed E-state index contributed by atoms with van der Waals surface area (Å²) in [6.45, 7) is 5.81. The lowest BCUT2D eigenvalue weighted by Crippen LogP contribution is -2.13. The van der Waals surface area contributed by atoms with Crippen molar-refractivity contribution in [3.05, 3.63) is 39.6 Å². The lowest BCUT2D eigenvalue weighted by Gasteiger charge is -2.15. The van der Waals surface area contributed by atoms with Crippen molar-refractivity contribution in [2.75, 3.05) is 5.32 Å². The molecule has 0 aliphatic carbocycles. The average Bonchev–Trinajstić information content (AvgIpc) is 2.37. The zero-order valence-corrected chi connectivity index (χ0v) is 14.3. The van der Waals surface area contributed by atoms with Crippen LogP contribution in [0.1, 0.15) is 32.4 Å². The number of halogens is 2. The van der Waals surface area contributed by atoms with Crippen LogP contribution in [-0.2, 0) is 0 Å². The van der Waals surface area contributed by atoms with Gasteiger partial charge in [-0.25, -0.2) is 0 Å². The van der Waals surface area contributed by atoms with Gasteiger partial charge in [-0.1, -0.05) is 28.1 Å². The minimum Gasteiger partial charge on any atom is -0.461 e. The first-order chi connectivity index (χ1) is 9.94. The Morgan fingerprint density at radius 1 is 1.19 bits per heavy atom. The fourth-order valence-corrected chi connectivity index (χ4v) is 2.28. The molecule has 0 radical (unpaired) electrons. The lowest BCUT2D eigenvalue weighted by atomic mass is 10.1. The summed E-state index contributed by atoms with van der Waals surface area (Å²) in [6, 6.07) is 8.25. The van der Waals surface area contributed by atoms with E-state index in [9.17, 15) is 0 Å². The molecule has 1 unspecified atom stereocenters. The highest BCUT2D eigenvalue weighted by molar-refractivity contribution is 9.10. The Hall–Kier alpha value is -1.40. The average molecular weight is 372 g/mol. The molecule has 0 aliphatic rings. The minimum absolute atomic E-state index is 0.0212. The zero-order chi connectivity index (χ0) is 15.4. The Morgan fingerprint density at radius 3 is 2.62 bits per heavy atom. The van der Waals surface area contributed by atoms with Crippen molar-refractivity contribution in [3.8, 4) is 6.01 Å². The highest BCUT2D eigenvalue weighted by Gasteiger charge is 2.11. The van der Waals surface area contributed by atoms with Crippen molar-refractivity contribution in [3.63, 3.8) is 0 Å². The maximum atomic E-state index is 5.90. The maximum Gasteiger partial charge on any atom is 0.322 e. The highest BCUT2D eigenvalue weighted by atomic mass is 79.9. The van der Waals surface area contributed by atoms with Gasteiger partial charge in [-0.15, -0.1) is 0 Å². The molecule has 7 heteroatoms. The van der Waals surface area contributed by atoms with Gasteiger partial charge in [0.25, 0.3) is 0 Å². The van der Waals surface area contributed by atoms with Gasteiger partial charge in [0.2, 0.25) is 11.2 Å². The number of benzene rings is 1. The van der Waals surface area contributed by atoms with Crippen molar-refractivity contribution in [2.45, 2.75) is 32.9 Å². The van der Waals surface area contributed by atoms with Crippen LogP contribution in [0.3, 0.4) is 0 Å². The van der Waals surface area contributed by atoms with Gasteiger partial charge in [0.1, 0.15) is 0 Å². The molecule has 1 N–H and O–H groups in total. The molecule has 0 aliphatic heterocycles. The van der Waals surface area contributed by atoms with E-state index >= 15 is 0 Å². The molecule has 0 saturated heterocycles. The molecule has 2 rings (SSSR count). The third-order valence-corrected chi connectivity index (χ3v) is 3.29. The molecule has 112 valence electrons. The molecule has 0 bridgehead atoms. The molecule has 0 spiro atoms. The number of anilines is 1. The third-order valence-electron chi connectivity index (χ3n) is 2.62. The second-order valence-electron chi connectivity index (χ2n) is 4.80. The van der Waals surface area contributed by atoms with E-state index in [-0.39, 0.29) is 23.4 Å². The molecule has 2 aromatic rings. The van der Waals surface area contributed by atoms with E-state index < -0.39 is 0 Å².